The predicted molar refractivity (Wildman–Crippen MR) is 133 cm³/mol. The molecule has 6 nitrogen and oxygen atoms in total. The van der Waals surface area contributed by atoms with Crippen molar-refractivity contribution in [3.8, 4) is 5.75 Å². The molecule has 0 fully saturated rings. The Morgan fingerprint density at radius 2 is 2.06 bits per heavy atom. The monoisotopic (exact) mass is 464 g/mol. The van der Waals surface area contributed by atoms with Crippen molar-refractivity contribution in [3.63, 3.8) is 0 Å². The number of ether oxygens (including phenoxy) is 1. The zero-order valence-corrected chi connectivity index (χ0v) is 19.8. The molecule has 0 bridgehead atoms. The van der Waals surface area contributed by atoms with E-state index in [1.807, 2.05) is 13.1 Å². The number of hydrogen-bond acceptors (Lipinski definition) is 5. The van der Waals surface area contributed by atoms with Crippen LogP contribution >= 0.6 is 11.6 Å². The Bertz CT molecular complexity index is 1190. The third-order valence-corrected chi connectivity index (χ3v) is 5.98. The minimum absolute atomic E-state index is 0.103. The van der Waals surface area contributed by atoms with Gasteiger partial charge in [0.1, 0.15) is 12.4 Å². The van der Waals surface area contributed by atoms with Crippen LogP contribution in [0.15, 0.2) is 59.7 Å². The summed E-state index contributed by atoms with van der Waals surface area (Å²) >= 11 is 5.86. The number of allylic oxidation sites excluding steroid dienone is 1. The van der Waals surface area contributed by atoms with Crippen LogP contribution in [0.2, 0.25) is 5.02 Å². The standard InChI is InChI=1S/C26H29ClN4O2/c1-28-10-12-30(2)17-19-3-4-21-14-24(8-5-20(21)13-19)31-11-9-25(15-26(31)32)33-18-23-7-6-22(27)16-29-23/h3-4,6-7,9,11,13-16,28H,5,8,10,12,17-18H2,1-2H3. The van der Waals surface area contributed by atoms with Gasteiger partial charge in [0, 0.05) is 43.8 Å². The molecule has 0 amide bonds. The fraction of sp³-hybridized carbons (Fsp3) is 0.308. The summed E-state index contributed by atoms with van der Waals surface area (Å²) in [7, 11) is 4.11. The highest BCUT2D eigenvalue weighted by molar-refractivity contribution is 6.30. The van der Waals surface area contributed by atoms with Gasteiger partial charge in [-0.25, -0.2) is 0 Å². The summed E-state index contributed by atoms with van der Waals surface area (Å²) in [5, 5.41) is 3.77. The Labute approximate surface area is 199 Å². The first-order valence-electron chi connectivity index (χ1n) is 11.1. The van der Waals surface area contributed by atoms with Gasteiger partial charge in [0.15, 0.2) is 0 Å². The number of fused-ring (bicyclic) bond motifs is 1. The average molecular weight is 465 g/mol. The molecule has 1 N–H and O–H groups in total. The van der Waals surface area contributed by atoms with Crippen LogP contribution in [0.4, 0.5) is 0 Å². The molecule has 2 heterocycles. The highest BCUT2D eigenvalue weighted by Crippen LogP contribution is 2.27. The molecule has 0 saturated carbocycles. The van der Waals surface area contributed by atoms with Crippen molar-refractivity contribution in [2.45, 2.75) is 26.0 Å². The van der Waals surface area contributed by atoms with E-state index in [9.17, 15) is 4.79 Å². The van der Waals surface area contributed by atoms with Gasteiger partial charge in [-0.15, -0.1) is 0 Å². The number of nitrogens with one attached hydrogen (secondary N) is 1. The van der Waals surface area contributed by atoms with E-state index < -0.39 is 0 Å². The summed E-state index contributed by atoms with van der Waals surface area (Å²) in [6.45, 7) is 3.20. The van der Waals surface area contributed by atoms with E-state index in [2.05, 4.69) is 46.5 Å². The number of benzene rings is 1. The first-order valence-corrected chi connectivity index (χ1v) is 11.5. The predicted octanol–water partition coefficient (Wildman–Crippen LogP) is 4.07. The quantitative estimate of drug-likeness (QED) is 0.517. The fourth-order valence-electron chi connectivity index (χ4n) is 3.95. The van der Waals surface area contributed by atoms with Gasteiger partial charge in [-0.05, 0) is 67.9 Å². The van der Waals surface area contributed by atoms with Crippen LogP contribution in [0.5, 0.6) is 5.75 Å². The normalized spacial score (nSPS) is 13.0. The summed E-state index contributed by atoms with van der Waals surface area (Å²) in [4.78, 5) is 19.3. The zero-order valence-electron chi connectivity index (χ0n) is 19.1. The molecule has 1 aliphatic rings. The summed E-state index contributed by atoms with van der Waals surface area (Å²) in [6.07, 6.45) is 7.22. The Hall–Kier alpha value is -2.93. The number of likely N-dealkylation sites (N-methyl/N-ethyl adjacent to an activating group) is 2. The van der Waals surface area contributed by atoms with Crippen molar-refractivity contribution in [1.29, 1.82) is 0 Å². The van der Waals surface area contributed by atoms with Crippen LogP contribution in [0, 0.1) is 0 Å². The molecule has 0 saturated heterocycles. The number of aryl methyl sites for hydroxylation is 1. The van der Waals surface area contributed by atoms with Crippen molar-refractivity contribution < 1.29 is 4.74 Å². The molecule has 0 radical (unpaired) electrons. The second-order valence-corrected chi connectivity index (χ2v) is 8.77. The lowest BCUT2D eigenvalue weighted by Gasteiger charge is -2.21. The molecule has 0 aliphatic heterocycles. The van der Waals surface area contributed by atoms with Crippen molar-refractivity contribution in [3.05, 3.63) is 92.6 Å². The van der Waals surface area contributed by atoms with Crippen LogP contribution in [0.3, 0.4) is 0 Å². The van der Waals surface area contributed by atoms with Crippen molar-refractivity contribution in [1.82, 2.24) is 19.8 Å². The SMILES string of the molecule is CNCCN(C)Cc1ccc2c(c1)CCC(n1ccc(OCc3ccc(Cl)cn3)cc1=O)=C2. The molecule has 1 aliphatic carbocycles. The van der Waals surface area contributed by atoms with E-state index in [0.717, 1.165) is 43.9 Å². The maximum Gasteiger partial charge on any atom is 0.258 e. The van der Waals surface area contributed by atoms with Gasteiger partial charge in [-0.1, -0.05) is 29.8 Å². The number of hydrogen-bond donors (Lipinski definition) is 1. The highest BCUT2D eigenvalue weighted by atomic mass is 35.5. The molecule has 172 valence electrons. The molecular weight excluding hydrogens is 436 g/mol. The second-order valence-electron chi connectivity index (χ2n) is 8.34. The van der Waals surface area contributed by atoms with E-state index in [-0.39, 0.29) is 12.2 Å². The van der Waals surface area contributed by atoms with Crippen molar-refractivity contribution in [2.75, 3.05) is 27.2 Å². The number of aromatic nitrogens is 2. The van der Waals surface area contributed by atoms with Gasteiger partial charge in [-0.2, -0.15) is 0 Å². The highest BCUT2D eigenvalue weighted by Gasteiger charge is 2.14. The molecule has 3 aromatic rings. The summed E-state index contributed by atoms with van der Waals surface area (Å²) < 4.78 is 7.44. The molecule has 1 aromatic carbocycles. The maximum absolute atomic E-state index is 12.8. The number of nitrogens with zero attached hydrogens (tertiary/aromatic N) is 3. The van der Waals surface area contributed by atoms with Crippen LogP contribution in [0.25, 0.3) is 11.8 Å². The minimum Gasteiger partial charge on any atom is -0.487 e. The molecule has 0 atom stereocenters. The minimum atomic E-state index is -0.103. The van der Waals surface area contributed by atoms with E-state index in [4.69, 9.17) is 16.3 Å². The summed E-state index contributed by atoms with van der Waals surface area (Å²) in [6, 6.07) is 13.6. The Morgan fingerprint density at radius 3 is 2.82 bits per heavy atom. The molecule has 7 heteroatoms. The summed E-state index contributed by atoms with van der Waals surface area (Å²) in [5.41, 5.74) is 5.48. The Balaban J connectivity index is 1.44. The number of halogens is 1. The lowest BCUT2D eigenvalue weighted by atomic mass is 9.93. The van der Waals surface area contributed by atoms with Gasteiger partial charge in [-0.3, -0.25) is 14.3 Å². The summed E-state index contributed by atoms with van der Waals surface area (Å²) in [5.74, 6) is 0.525. The smallest absolute Gasteiger partial charge is 0.258 e. The number of pyridine rings is 2. The van der Waals surface area contributed by atoms with Gasteiger partial charge >= 0.3 is 0 Å². The first-order chi connectivity index (χ1) is 16.0. The lowest BCUT2D eigenvalue weighted by Crippen LogP contribution is -2.27. The van der Waals surface area contributed by atoms with Gasteiger partial charge in [0.05, 0.1) is 10.7 Å². The lowest BCUT2D eigenvalue weighted by molar-refractivity contribution is 0.300. The van der Waals surface area contributed by atoms with Crippen LogP contribution in [-0.4, -0.2) is 41.6 Å². The Kier molecular flexibility index (Phi) is 7.60. The Morgan fingerprint density at radius 1 is 1.18 bits per heavy atom. The molecule has 4 rings (SSSR count). The first kappa shape index (κ1) is 23.2. The van der Waals surface area contributed by atoms with E-state index >= 15 is 0 Å². The zero-order chi connectivity index (χ0) is 23.2. The molecule has 0 unspecified atom stereocenters. The van der Waals surface area contributed by atoms with Gasteiger partial charge in [0.2, 0.25) is 0 Å². The molecule has 2 aromatic heterocycles. The van der Waals surface area contributed by atoms with Crippen LogP contribution < -0.4 is 15.6 Å². The van der Waals surface area contributed by atoms with E-state index in [1.165, 1.54) is 22.8 Å². The second kappa shape index (κ2) is 10.8. The molecule has 33 heavy (non-hydrogen) atoms. The van der Waals surface area contributed by atoms with Crippen molar-refractivity contribution >= 4 is 23.4 Å². The van der Waals surface area contributed by atoms with E-state index in [0.29, 0.717) is 10.8 Å². The average Bonchev–Trinajstić information content (AvgIpc) is 2.82. The molecular formula is C26H29ClN4O2. The fourth-order valence-corrected chi connectivity index (χ4v) is 4.06. The largest absolute Gasteiger partial charge is 0.487 e. The molecule has 0 spiro atoms. The van der Waals surface area contributed by atoms with Crippen LogP contribution in [-0.2, 0) is 19.6 Å². The maximum atomic E-state index is 12.8. The van der Waals surface area contributed by atoms with Crippen molar-refractivity contribution in [2.24, 2.45) is 0 Å². The number of rotatable bonds is 9. The van der Waals surface area contributed by atoms with Gasteiger partial charge in [0.25, 0.3) is 5.56 Å². The third kappa shape index (κ3) is 6.11. The van der Waals surface area contributed by atoms with E-state index in [1.54, 1.807) is 29.1 Å². The van der Waals surface area contributed by atoms with Crippen LogP contribution in [0.1, 0.15) is 28.8 Å². The third-order valence-electron chi connectivity index (χ3n) is 5.75. The van der Waals surface area contributed by atoms with Gasteiger partial charge < -0.3 is 15.0 Å². The topological polar surface area (TPSA) is 59.4 Å².